The summed E-state index contributed by atoms with van der Waals surface area (Å²) in [5.41, 5.74) is 1.96. The Balaban J connectivity index is 2.11. The highest BCUT2D eigenvalue weighted by atomic mass is 16.5. The van der Waals surface area contributed by atoms with Crippen LogP contribution in [0.1, 0.15) is 32.4 Å². The highest BCUT2D eigenvalue weighted by molar-refractivity contribution is 5.56. The fraction of sp³-hybridized carbons (Fsp3) is 0.643. The number of methoxy groups -OCH3 is 1. The molecule has 4 nitrogen and oxygen atoms in total. The lowest BCUT2D eigenvalue weighted by molar-refractivity contribution is -0.0553. The van der Waals surface area contributed by atoms with E-state index in [0.29, 0.717) is 6.04 Å². The molecule has 18 heavy (non-hydrogen) atoms. The first kappa shape index (κ1) is 13.1. The van der Waals surface area contributed by atoms with Crippen molar-refractivity contribution in [2.24, 2.45) is 0 Å². The molecule has 1 unspecified atom stereocenters. The predicted octanol–water partition coefficient (Wildman–Crippen LogP) is 2.77. The predicted molar refractivity (Wildman–Crippen MR) is 72.2 cm³/mol. The zero-order valence-electron chi connectivity index (χ0n) is 11.6. The van der Waals surface area contributed by atoms with E-state index in [4.69, 9.17) is 9.47 Å². The van der Waals surface area contributed by atoms with Crippen molar-refractivity contribution in [3.63, 3.8) is 0 Å². The van der Waals surface area contributed by atoms with E-state index in [1.54, 1.807) is 13.3 Å². The molecule has 0 aliphatic carbocycles. The van der Waals surface area contributed by atoms with E-state index in [-0.39, 0.29) is 5.60 Å². The number of ether oxygens (including phenoxy) is 2. The van der Waals surface area contributed by atoms with Gasteiger partial charge in [-0.3, -0.25) is 4.98 Å². The van der Waals surface area contributed by atoms with Crippen LogP contribution in [0.25, 0.3) is 0 Å². The molecule has 0 bridgehead atoms. The third-order valence-electron chi connectivity index (χ3n) is 3.28. The lowest BCUT2D eigenvalue weighted by Crippen LogP contribution is -2.40. The summed E-state index contributed by atoms with van der Waals surface area (Å²) in [6, 6.07) is 2.45. The van der Waals surface area contributed by atoms with Gasteiger partial charge < -0.3 is 14.8 Å². The maximum absolute atomic E-state index is 5.73. The molecule has 1 aromatic heterocycles. The number of nitrogens with zero attached hydrogens (tertiary/aromatic N) is 1. The molecule has 1 aromatic rings. The summed E-state index contributed by atoms with van der Waals surface area (Å²) >= 11 is 0. The molecule has 1 fully saturated rings. The van der Waals surface area contributed by atoms with Crippen LogP contribution in [0.5, 0.6) is 5.75 Å². The molecule has 1 atom stereocenters. The monoisotopic (exact) mass is 250 g/mol. The average molecular weight is 250 g/mol. The Morgan fingerprint density at radius 1 is 1.50 bits per heavy atom. The number of aryl methyl sites for hydroxylation is 1. The van der Waals surface area contributed by atoms with Crippen LogP contribution in [-0.4, -0.2) is 30.3 Å². The van der Waals surface area contributed by atoms with Gasteiger partial charge in [0.15, 0.2) is 5.75 Å². The SMILES string of the molecule is COc1cnc(C)cc1NC1CCOC(C)(C)C1. The molecule has 1 saturated heterocycles. The quantitative estimate of drug-likeness (QED) is 0.895. The summed E-state index contributed by atoms with van der Waals surface area (Å²) in [5, 5.41) is 3.55. The van der Waals surface area contributed by atoms with Crippen LogP contribution in [0, 0.1) is 6.92 Å². The molecule has 0 aromatic carbocycles. The second-order valence-corrected chi connectivity index (χ2v) is 5.47. The molecule has 2 heterocycles. The minimum Gasteiger partial charge on any atom is -0.493 e. The second-order valence-electron chi connectivity index (χ2n) is 5.47. The van der Waals surface area contributed by atoms with E-state index in [1.165, 1.54) is 0 Å². The first-order chi connectivity index (χ1) is 8.50. The fourth-order valence-corrected chi connectivity index (χ4v) is 2.40. The van der Waals surface area contributed by atoms with Gasteiger partial charge >= 0.3 is 0 Å². The highest BCUT2D eigenvalue weighted by Crippen LogP contribution is 2.30. The van der Waals surface area contributed by atoms with Crippen molar-refractivity contribution in [1.82, 2.24) is 4.98 Å². The fourth-order valence-electron chi connectivity index (χ4n) is 2.40. The molecule has 1 aliphatic rings. The summed E-state index contributed by atoms with van der Waals surface area (Å²) in [4.78, 5) is 4.24. The number of rotatable bonds is 3. The van der Waals surface area contributed by atoms with Gasteiger partial charge in [-0.15, -0.1) is 0 Å². The van der Waals surface area contributed by atoms with Gasteiger partial charge in [-0.05, 0) is 39.7 Å². The first-order valence-electron chi connectivity index (χ1n) is 6.41. The van der Waals surface area contributed by atoms with Crippen molar-refractivity contribution >= 4 is 5.69 Å². The zero-order valence-corrected chi connectivity index (χ0v) is 11.6. The summed E-state index contributed by atoms with van der Waals surface area (Å²) in [6.07, 6.45) is 3.79. The van der Waals surface area contributed by atoms with Gasteiger partial charge in [-0.2, -0.15) is 0 Å². The van der Waals surface area contributed by atoms with Crippen LogP contribution < -0.4 is 10.1 Å². The van der Waals surface area contributed by atoms with E-state index in [2.05, 4.69) is 24.1 Å². The van der Waals surface area contributed by atoms with Gasteiger partial charge in [-0.25, -0.2) is 0 Å². The standard InChI is InChI=1S/C14H22N2O2/c1-10-7-12(13(17-4)9-15-10)16-11-5-6-18-14(2,3)8-11/h7,9,11H,5-6,8H2,1-4H3,(H,15,16). The van der Waals surface area contributed by atoms with Crippen LogP contribution >= 0.6 is 0 Å². The maximum atomic E-state index is 5.73. The number of pyridine rings is 1. The molecule has 0 spiro atoms. The Bertz CT molecular complexity index is 418. The largest absolute Gasteiger partial charge is 0.493 e. The Morgan fingerprint density at radius 3 is 2.94 bits per heavy atom. The molecule has 0 amide bonds. The third-order valence-corrected chi connectivity index (χ3v) is 3.28. The number of hydrogen-bond donors (Lipinski definition) is 1. The molecule has 4 heteroatoms. The third kappa shape index (κ3) is 3.13. The minimum atomic E-state index is -0.0504. The topological polar surface area (TPSA) is 43.4 Å². The molecule has 0 radical (unpaired) electrons. The van der Waals surface area contributed by atoms with Crippen molar-refractivity contribution < 1.29 is 9.47 Å². The second kappa shape index (κ2) is 5.14. The van der Waals surface area contributed by atoms with Gasteiger partial charge in [0.25, 0.3) is 0 Å². The smallest absolute Gasteiger partial charge is 0.160 e. The Hall–Kier alpha value is -1.29. The Labute approximate surface area is 109 Å². The lowest BCUT2D eigenvalue weighted by Gasteiger charge is -2.36. The normalized spacial score (nSPS) is 22.6. The van der Waals surface area contributed by atoms with Gasteiger partial charge in [0, 0.05) is 18.3 Å². The average Bonchev–Trinajstić information content (AvgIpc) is 2.28. The van der Waals surface area contributed by atoms with E-state index in [9.17, 15) is 0 Å². The summed E-state index contributed by atoms with van der Waals surface area (Å²) in [5.74, 6) is 0.796. The molecule has 1 N–H and O–H groups in total. The van der Waals surface area contributed by atoms with E-state index < -0.39 is 0 Å². The van der Waals surface area contributed by atoms with Crippen LogP contribution in [0.3, 0.4) is 0 Å². The zero-order chi connectivity index (χ0) is 13.2. The Kier molecular flexibility index (Phi) is 3.76. The van der Waals surface area contributed by atoms with Crippen LogP contribution in [0.4, 0.5) is 5.69 Å². The molecule has 100 valence electrons. The van der Waals surface area contributed by atoms with E-state index >= 15 is 0 Å². The number of aromatic nitrogens is 1. The molecule has 0 saturated carbocycles. The maximum Gasteiger partial charge on any atom is 0.160 e. The molecular formula is C14H22N2O2. The molecular weight excluding hydrogens is 228 g/mol. The summed E-state index contributed by atoms with van der Waals surface area (Å²) in [6.45, 7) is 7.06. The van der Waals surface area contributed by atoms with Crippen molar-refractivity contribution in [2.45, 2.75) is 45.3 Å². The van der Waals surface area contributed by atoms with Gasteiger partial charge in [0.2, 0.25) is 0 Å². The highest BCUT2D eigenvalue weighted by Gasteiger charge is 2.29. The lowest BCUT2D eigenvalue weighted by atomic mass is 9.94. The van der Waals surface area contributed by atoms with Crippen molar-refractivity contribution in [3.8, 4) is 5.75 Å². The van der Waals surface area contributed by atoms with Crippen molar-refractivity contribution in [3.05, 3.63) is 18.0 Å². The Morgan fingerprint density at radius 2 is 2.28 bits per heavy atom. The summed E-state index contributed by atoms with van der Waals surface area (Å²) in [7, 11) is 1.67. The van der Waals surface area contributed by atoms with Gasteiger partial charge in [0.05, 0.1) is 24.6 Å². The first-order valence-corrected chi connectivity index (χ1v) is 6.41. The van der Waals surface area contributed by atoms with Crippen molar-refractivity contribution in [2.75, 3.05) is 19.0 Å². The van der Waals surface area contributed by atoms with E-state index in [0.717, 1.165) is 36.6 Å². The van der Waals surface area contributed by atoms with Crippen LogP contribution in [-0.2, 0) is 4.74 Å². The van der Waals surface area contributed by atoms with Gasteiger partial charge in [0.1, 0.15) is 0 Å². The number of nitrogens with one attached hydrogen (secondary N) is 1. The van der Waals surface area contributed by atoms with Gasteiger partial charge in [-0.1, -0.05) is 0 Å². The van der Waals surface area contributed by atoms with Crippen LogP contribution in [0.2, 0.25) is 0 Å². The summed E-state index contributed by atoms with van der Waals surface area (Å²) < 4.78 is 11.1. The minimum absolute atomic E-state index is 0.0504. The van der Waals surface area contributed by atoms with Crippen LogP contribution in [0.15, 0.2) is 12.3 Å². The molecule has 1 aliphatic heterocycles. The van der Waals surface area contributed by atoms with Crippen molar-refractivity contribution in [1.29, 1.82) is 0 Å². The number of anilines is 1. The molecule has 2 rings (SSSR count). The number of hydrogen-bond acceptors (Lipinski definition) is 4. The van der Waals surface area contributed by atoms with E-state index in [1.807, 2.05) is 13.0 Å².